The molecule has 0 saturated heterocycles. The van der Waals surface area contributed by atoms with E-state index in [0.29, 0.717) is 16.9 Å². The van der Waals surface area contributed by atoms with Gasteiger partial charge < -0.3 is 19.5 Å². The molecule has 0 aliphatic rings. The molecule has 9 nitrogen and oxygen atoms in total. The van der Waals surface area contributed by atoms with Crippen LogP contribution in [-0.2, 0) is 19.6 Å². The molecule has 2 aromatic carbocycles. The smallest absolute Gasteiger partial charge is 0.343 e. The number of anilines is 2. The number of aryl methyl sites for hydroxylation is 1. The predicted octanol–water partition coefficient (Wildman–Crippen LogP) is 2.18. The lowest BCUT2D eigenvalue weighted by atomic mass is 10.1. The maximum absolute atomic E-state index is 12.6. The van der Waals surface area contributed by atoms with Crippen LogP contribution in [-0.4, -0.2) is 47.4 Å². The van der Waals surface area contributed by atoms with Crippen LogP contribution in [0.15, 0.2) is 36.4 Å². The van der Waals surface area contributed by atoms with Crippen LogP contribution < -0.4 is 19.5 Å². The van der Waals surface area contributed by atoms with Gasteiger partial charge >= 0.3 is 5.97 Å². The summed E-state index contributed by atoms with van der Waals surface area (Å²) in [4.78, 5) is 23.8. The van der Waals surface area contributed by atoms with Gasteiger partial charge in [0.2, 0.25) is 10.0 Å². The minimum atomic E-state index is -3.45. The van der Waals surface area contributed by atoms with Crippen molar-refractivity contribution in [1.29, 1.82) is 0 Å². The topological polar surface area (TPSA) is 120 Å². The van der Waals surface area contributed by atoms with Crippen molar-refractivity contribution in [2.75, 3.05) is 37.1 Å². The van der Waals surface area contributed by atoms with Gasteiger partial charge in [0, 0.05) is 11.3 Å². The van der Waals surface area contributed by atoms with Gasteiger partial charge in [0.25, 0.3) is 5.91 Å². The van der Waals surface area contributed by atoms with Gasteiger partial charge in [-0.3, -0.25) is 9.52 Å². The number of benzene rings is 2. The molecular formula is C19H22N2O7S. The SMILES string of the molecule is COC(=O)COc1ccc(C(=O)Nc2ccc(C)c(NS(C)(=O)=O)c2)cc1OC. The van der Waals surface area contributed by atoms with Crippen molar-refractivity contribution in [2.45, 2.75) is 6.92 Å². The van der Waals surface area contributed by atoms with E-state index in [4.69, 9.17) is 9.47 Å². The molecule has 2 N–H and O–H groups in total. The summed E-state index contributed by atoms with van der Waals surface area (Å²) >= 11 is 0. The molecule has 10 heteroatoms. The van der Waals surface area contributed by atoms with Gasteiger partial charge in [0.05, 0.1) is 26.2 Å². The van der Waals surface area contributed by atoms with E-state index in [1.807, 2.05) is 0 Å². The number of carbonyl (C=O) groups is 2. The molecule has 0 aromatic heterocycles. The Hall–Kier alpha value is -3.27. The van der Waals surface area contributed by atoms with Crippen molar-refractivity contribution in [1.82, 2.24) is 0 Å². The zero-order valence-corrected chi connectivity index (χ0v) is 17.3. The van der Waals surface area contributed by atoms with Crippen molar-refractivity contribution < 1.29 is 32.2 Å². The second kappa shape index (κ2) is 9.28. The monoisotopic (exact) mass is 422 g/mol. The number of hydrogen-bond acceptors (Lipinski definition) is 7. The third-order valence-corrected chi connectivity index (χ3v) is 4.38. The standard InChI is InChI=1S/C19H22N2O7S/c1-12-5-7-14(10-15(12)21-29(4,24)25)20-19(23)13-6-8-16(17(9-13)26-2)28-11-18(22)27-3/h5-10,21H,11H2,1-4H3,(H,20,23). The van der Waals surface area contributed by atoms with Crippen LogP contribution in [0, 0.1) is 6.92 Å². The Morgan fingerprint density at radius 2 is 1.76 bits per heavy atom. The average Bonchev–Trinajstić information content (AvgIpc) is 2.67. The van der Waals surface area contributed by atoms with E-state index < -0.39 is 21.9 Å². The lowest BCUT2D eigenvalue weighted by molar-refractivity contribution is -0.142. The number of nitrogens with one attached hydrogen (secondary N) is 2. The first kappa shape index (κ1) is 22.0. The molecule has 0 unspecified atom stereocenters. The van der Waals surface area contributed by atoms with Crippen LogP contribution in [0.5, 0.6) is 11.5 Å². The minimum absolute atomic E-state index is 0.268. The van der Waals surface area contributed by atoms with Gasteiger partial charge in [0.15, 0.2) is 18.1 Å². The Balaban J connectivity index is 2.18. The van der Waals surface area contributed by atoms with Crippen LogP contribution >= 0.6 is 0 Å². The lowest BCUT2D eigenvalue weighted by Crippen LogP contribution is -2.15. The van der Waals surface area contributed by atoms with E-state index in [-0.39, 0.29) is 23.7 Å². The number of hydrogen-bond donors (Lipinski definition) is 2. The highest BCUT2D eigenvalue weighted by Crippen LogP contribution is 2.29. The molecule has 0 bridgehead atoms. The predicted molar refractivity (Wildman–Crippen MR) is 108 cm³/mol. The Bertz CT molecular complexity index is 1020. The summed E-state index contributed by atoms with van der Waals surface area (Å²) in [5.74, 6) is -0.432. The molecule has 2 rings (SSSR count). The zero-order valence-electron chi connectivity index (χ0n) is 16.4. The molecule has 0 radical (unpaired) electrons. The highest BCUT2D eigenvalue weighted by molar-refractivity contribution is 7.92. The van der Waals surface area contributed by atoms with Crippen LogP contribution in [0.2, 0.25) is 0 Å². The van der Waals surface area contributed by atoms with Gasteiger partial charge in [-0.05, 0) is 42.8 Å². The van der Waals surface area contributed by atoms with Gasteiger partial charge in [-0.25, -0.2) is 13.2 Å². The summed E-state index contributed by atoms with van der Waals surface area (Å²) < 4.78 is 40.4. The molecule has 0 fully saturated rings. The van der Waals surface area contributed by atoms with Crippen LogP contribution in [0.1, 0.15) is 15.9 Å². The summed E-state index contributed by atoms with van der Waals surface area (Å²) in [6, 6.07) is 9.35. The van der Waals surface area contributed by atoms with Crippen molar-refractivity contribution in [3.05, 3.63) is 47.5 Å². The van der Waals surface area contributed by atoms with Gasteiger partial charge in [-0.15, -0.1) is 0 Å². The highest BCUT2D eigenvalue weighted by atomic mass is 32.2. The number of esters is 1. The fourth-order valence-corrected chi connectivity index (χ4v) is 2.96. The number of rotatable bonds is 8. The molecule has 2 aromatic rings. The molecule has 0 heterocycles. The first-order valence-electron chi connectivity index (χ1n) is 8.40. The summed E-state index contributed by atoms with van der Waals surface area (Å²) in [5, 5.41) is 2.70. The summed E-state index contributed by atoms with van der Waals surface area (Å²) in [6.07, 6.45) is 1.05. The Morgan fingerprint density at radius 1 is 1.03 bits per heavy atom. The van der Waals surface area contributed by atoms with E-state index in [1.165, 1.54) is 38.5 Å². The largest absolute Gasteiger partial charge is 0.493 e. The Kier molecular flexibility index (Phi) is 7.05. The summed E-state index contributed by atoms with van der Waals surface area (Å²) in [6.45, 7) is 1.45. The molecule has 0 spiro atoms. The third kappa shape index (κ3) is 6.39. The first-order valence-corrected chi connectivity index (χ1v) is 10.3. The average molecular weight is 422 g/mol. The fourth-order valence-electron chi connectivity index (χ4n) is 2.34. The Labute approximate surface area is 169 Å². The van der Waals surface area contributed by atoms with E-state index in [1.54, 1.807) is 19.1 Å². The van der Waals surface area contributed by atoms with E-state index in [9.17, 15) is 18.0 Å². The highest BCUT2D eigenvalue weighted by Gasteiger charge is 2.14. The molecule has 29 heavy (non-hydrogen) atoms. The quantitative estimate of drug-likeness (QED) is 0.626. The third-order valence-electron chi connectivity index (χ3n) is 3.79. The molecule has 156 valence electrons. The number of methoxy groups -OCH3 is 2. The first-order chi connectivity index (χ1) is 13.6. The van der Waals surface area contributed by atoms with Crippen molar-refractivity contribution >= 4 is 33.3 Å². The zero-order chi connectivity index (χ0) is 21.6. The minimum Gasteiger partial charge on any atom is -0.493 e. The molecular weight excluding hydrogens is 400 g/mol. The number of ether oxygens (including phenoxy) is 3. The van der Waals surface area contributed by atoms with Crippen LogP contribution in [0.3, 0.4) is 0 Å². The summed E-state index contributed by atoms with van der Waals surface area (Å²) in [5.41, 5.74) is 1.78. The number of carbonyl (C=O) groups excluding carboxylic acids is 2. The van der Waals surface area contributed by atoms with Crippen molar-refractivity contribution in [3.8, 4) is 11.5 Å². The van der Waals surface area contributed by atoms with E-state index in [2.05, 4.69) is 14.8 Å². The second-order valence-electron chi connectivity index (χ2n) is 6.09. The van der Waals surface area contributed by atoms with Gasteiger partial charge in [-0.2, -0.15) is 0 Å². The van der Waals surface area contributed by atoms with Crippen molar-refractivity contribution in [2.24, 2.45) is 0 Å². The van der Waals surface area contributed by atoms with E-state index in [0.717, 1.165) is 6.26 Å². The van der Waals surface area contributed by atoms with Crippen molar-refractivity contribution in [3.63, 3.8) is 0 Å². The fraction of sp³-hybridized carbons (Fsp3) is 0.263. The number of sulfonamides is 1. The van der Waals surface area contributed by atoms with Crippen LogP contribution in [0.4, 0.5) is 11.4 Å². The number of amides is 1. The molecule has 0 aliphatic heterocycles. The summed E-state index contributed by atoms with van der Waals surface area (Å²) in [7, 11) is -0.794. The maximum Gasteiger partial charge on any atom is 0.343 e. The second-order valence-corrected chi connectivity index (χ2v) is 7.84. The lowest BCUT2D eigenvalue weighted by Gasteiger charge is -2.13. The van der Waals surface area contributed by atoms with Gasteiger partial charge in [0.1, 0.15) is 0 Å². The molecule has 0 atom stereocenters. The molecule has 0 aliphatic carbocycles. The van der Waals surface area contributed by atoms with Crippen LogP contribution in [0.25, 0.3) is 0 Å². The Morgan fingerprint density at radius 3 is 2.38 bits per heavy atom. The van der Waals surface area contributed by atoms with E-state index >= 15 is 0 Å². The molecule has 0 saturated carbocycles. The van der Waals surface area contributed by atoms with Gasteiger partial charge in [-0.1, -0.05) is 6.07 Å². The normalized spacial score (nSPS) is 10.8. The molecule has 1 amide bonds. The maximum atomic E-state index is 12.6.